The van der Waals surface area contributed by atoms with Gasteiger partial charge in [-0.25, -0.2) is 0 Å². The van der Waals surface area contributed by atoms with E-state index in [2.05, 4.69) is 12.2 Å². The molecule has 14 heavy (non-hydrogen) atoms. The minimum atomic E-state index is 0.0354. The van der Waals surface area contributed by atoms with Gasteiger partial charge in [-0.2, -0.15) is 0 Å². The van der Waals surface area contributed by atoms with E-state index in [9.17, 15) is 4.79 Å². The average Bonchev–Trinajstić information content (AvgIpc) is 2.97. The fraction of sp³-hybridized carbons (Fsp3) is 0.900. The Morgan fingerprint density at radius 2 is 2.29 bits per heavy atom. The Morgan fingerprint density at radius 1 is 1.64 bits per heavy atom. The van der Waals surface area contributed by atoms with Crippen molar-refractivity contribution in [2.45, 2.75) is 50.4 Å². The number of nitrogens with two attached hydrogens (primary N) is 1. The van der Waals surface area contributed by atoms with Crippen LogP contribution in [0.1, 0.15) is 33.1 Å². The van der Waals surface area contributed by atoms with Gasteiger partial charge in [-0.15, -0.1) is 11.8 Å². The number of nitrogens with one attached hydrogen (secondary N) is 1. The first-order chi connectivity index (χ1) is 6.63. The lowest BCUT2D eigenvalue weighted by molar-refractivity contribution is -0.120. The number of thioether (sulfide) groups is 1. The van der Waals surface area contributed by atoms with Gasteiger partial charge >= 0.3 is 0 Å². The fourth-order valence-electron chi connectivity index (χ4n) is 1.01. The van der Waals surface area contributed by atoms with Crippen molar-refractivity contribution in [3.05, 3.63) is 0 Å². The SMILES string of the molecule is CCC(N)CSC(C)C(=O)NC1CC1. The largest absolute Gasteiger partial charge is 0.352 e. The lowest BCUT2D eigenvalue weighted by Gasteiger charge is -2.13. The second kappa shape index (κ2) is 5.61. The lowest BCUT2D eigenvalue weighted by atomic mass is 10.3. The molecular formula is C10H20N2OS. The van der Waals surface area contributed by atoms with Gasteiger partial charge in [0.25, 0.3) is 0 Å². The van der Waals surface area contributed by atoms with Gasteiger partial charge in [0.2, 0.25) is 5.91 Å². The van der Waals surface area contributed by atoms with E-state index in [0.29, 0.717) is 6.04 Å². The zero-order valence-corrected chi connectivity index (χ0v) is 9.77. The van der Waals surface area contributed by atoms with Crippen molar-refractivity contribution in [1.29, 1.82) is 0 Å². The molecular weight excluding hydrogens is 196 g/mol. The van der Waals surface area contributed by atoms with Crippen LogP contribution in [0.5, 0.6) is 0 Å². The van der Waals surface area contributed by atoms with Gasteiger partial charge in [0.15, 0.2) is 0 Å². The Morgan fingerprint density at radius 3 is 2.79 bits per heavy atom. The summed E-state index contributed by atoms with van der Waals surface area (Å²) >= 11 is 1.65. The number of rotatable bonds is 6. The van der Waals surface area contributed by atoms with Crippen molar-refractivity contribution < 1.29 is 4.79 Å². The van der Waals surface area contributed by atoms with Crippen molar-refractivity contribution in [2.24, 2.45) is 5.73 Å². The highest BCUT2D eigenvalue weighted by Crippen LogP contribution is 2.20. The molecule has 1 rings (SSSR count). The van der Waals surface area contributed by atoms with E-state index in [1.807, 2.05) is 6.92 Å². The number of amides is 1. The van der Waals surface area contributed by atoms with Crippen LogP contribution in [-0.4, -0.2) is 29.0 Å². The van der Waals surface area contributed by atoms with Gasteiger partial charge < -0.3 is 11.1 Å². The van der Waals surface area contributed by atoms with Crippen LogP contribution in [-0.2, 0) is 4.79 Å². The molecule has 0 heterocycles. The van der Waals surface area contributed by atoms with Crippen LogP contribution in [0.15, 0.2) is 0 Å². The number of carbonyl (C=O) groups is 1. The van der Waals surface area contributed by atoms with E-state index in [4.69, 9.17) is 5.73 Å². The molecule has 1 aliphatic carbocycles. The zero-order valence-electron chi connectivity index (χ0n) is 8.95. The molecule has 1 amide bonds. The Balaban J connectivity index is 2.12. The minimum absolute atomic E-state index is 0.0354. The molecule has 1 fully saturated rings. The van der Waals surface area contributed by atoms with Gasteiger partial charge in [-0.05, 0) is 26.2 Å². The van der Waals surface area contributed by atoms with Gasteiger partial charge in [-0.3, -0.25) is 4.79 Å². The molecule has 0 aromatic carbocycles. The molecule has 2 atom stereocenters. The monoisotopic (exact) mass is 216 g/mol. The van der Waals surface area contributed by atoms with E-state index in [1.54, 1.807) is 11.8 Å². The molecule has 4 heteroatoms. The van der Waals surface area contributed by atoms with Crippen LogP contribution in [0.3, 0.4) is 0 Å². The van der Waals surface area contributed by atoms with Gasteiger partial charge in [-0.1, -0.05) is 6.92 Å². The van der Waals surface area contributed by atoms with Gasteiger partial charge in [0.05, 0.1) is 5.25 Å². The summed E-state index contributed by atoms with van der Waals surface area (Å²) in [6.07, 6.45) is 3.28. The van der Waals surface area contributed by atoms with E-state index in [1.165, 1.54) is 0 Å². The van der Waals surface area contributed by atoms with Crippen LogP contribution in [0, 0.1) is 0 Å². The van der Waals surface area contributed by atoms with Gasteiger partial charge in [0.1, 0.15) is 0 Å². The third-order valence-corrected chi connectivity index (χ3v) is 3.71. The number of carbonyl (C=O) groups excluding carboxylic acids is 1. The Hall–Kier alpha value is -0.220. The summed E-state index contributed by atoms with van der Waals surface area (Å²) in [5, 5.41) is 3.03. The number of hydrogen-bond acceptors (Lipinski definition) is 3. The first kappa shape index (κ1) is 11.9. The van der Waals surface area contributed by atoms with Crippen LogP contribution in [0.2, 0.25) is 0 Å². The maximum Gasteiger partial charge on any atom is 0.233 e. The quantitative estimate of drug-likeness (QED) is 0.699. The Bertz CT molecular complexity index is 195. The third-order valence-electron chi connectivity index (χ3n) is 2.38. The van der Waals surface area contributed by atoms with Crippen LogP contribution < -0.4 is 11.1 Å². The summed E-state index contributed by atoms with van der Waals surface area (Å²) in [5.74, 6) is 1.04. The smallest absolute Gasteiger partial charge is 0.233 e. The van der Waals surface area contributed by atoms with Gasteiger partial charge in [0, 0.05) is 17.8 Å². The molecule has 1 saturated carbocycles. The second-order valence-electron chi connectivity index (χ2n) is 3.93. The molecule has 0 aromatic rings. The maximum atomic E-state index is 11.5. The maximum absolute atomic E-state index is 11.5. The molecule has 0 bridgehead atoms. The molecule has 82 valence electrons. The third kappa shape index (κ3) is 4.33. The zero-order chi connectivity index (χ0) is 10.6. The molecule has 0 aliphatic heterocycles. The molecule has 0 radical (unpaired) electrons. The van der Waals surface area contributed by atoms with Crippen molar-refractivity contribution in [2.75, 3.05) is 5.75 Å². The molecule has 0 saturated heterocycles. The number of hydrogen-bond donors (Lipinski definition) is 2. The van der Waals surface area contributed by atoms with E-state index in [0.717, 1.165) is 25.0 Å². The topological polar surface area (TPSA) is 55.1 Å². The summed E-state index contributed by atoms with van der Waals surface area (Å²) in [4.78, 5) is 11.5. The van der Waals surface area contributed by atoms with Crippen LogP contribution in [0.4, 0.5) is 0 Å². The summed E-state index contributed by atoms with van der Waals surface area (Å²) in [6, 6.07) is 0.682. The minimum Gasteiger partial charge on any atom is -0.352 e. The molecule has 3 nitrogen and oxygen atoms in total. The van der Waals surface area contributed by atoms with E-state index < -0.39 is 0 Å². The first-order valence-electron chi connectivity index (χ1n) is 5.31. The summed E-state index contributed by atoms with van der Waals surface area (Å²) in [5.41, 5.74) is 5.78. The highest BCUT2D eigenvalue weighted by Gasteiger charge is 2.25. The first-order valence-corrected chi connectivity index (χ1v) is 6.36. The molecule has 0 aromatic heterocycles. The Labute approximate surface area is 90.2 Å². The fourth-order valence-corrected chi connectivity index (χ4v) is 2.00. The molecule has 2 unspecified atom stereocenters. The molecule has 0 spiro atoms. The van der Waals surface area contributed by atoms with Crippen LogP contribution >= 0.6 is 11.8 Å². The standard InChI is InChI=1S/C10H20N2OS/c1-3-8(11)6-14-7(2)10(13)12-9-4-5-9/h7-9H,3-6,11H2,1-2H3,(H,12,13). The van der Waals surface area contributed by atoms with Crippen molar-refractivity contribution >= 4 is 17.7 Å². The summed E-state index contributed by atoms with van der Waals surface area (Å²) in [7, 11) is 0. The van der Waals surface area contributed by atoms with E-state index >= 15 is 0 Å². The molecule has 3 N–H and O–H groups in total. The van der Waals surface area contributed by atoms with Crippen LogP contribution in [0.25, 0.3) is 0 Å². The average molecular weight is 216 g/mol. The molecule has 1 aliphatic rings. The van der Waals surface area contributed by atoms with Crippen molar-refractivity contribution in [3.63, 3.8) is 0 Å². The predicted molar refractivity (Wildman–Crippen MR) is 61.4 cm³/mol. The summed E-state index contributed by atoms with van der Waals surface area (Å²) in [6.45, 7) is 4.02. The summed E-state index contributed by atoms with van der Waals surface area (Å²) < 4.78 is 0. The highest BCUT2D eigenvalue weighted by molar-refractivity contribution is 8.00. The van der Waals surface area contributed by atoms with Crippen molar-refractivity contribution in [1.82, 2.24) is 5.32 Å². The highest BCUT2D eigenvalue weighted by atomic mass is 32.2. The second-order valence-corrected chi connectivity index (χ2v) is 5.30. The lowest BCUT2D eigenvalue weighted by Crippen LogP contribution is -2.34. The predicted octanol–water partition coefficient (Wildman–Crippen LogP) is 1.12. The Kier molecular flexibility index (Phi) is 4.75. The normalized spacial score (nSPS) is 20.2. The van der Waals surface area contributed by atoms with Crippen molar-refractivity contribution in [3.8, 4) is 0 Å². The van der Waals surface area contributed by atoms with E-state index in [-0.39, 0.29) is 17.2 Å².